The molecule has 0 aromatic heterocycles. The first-order chi connectivity index (χ1) is 13.8. The third-order valence-electron chi connectivity index (χ3n) is 5.37. The number of carbonyl (C=O) groups excluding carboxylic acids is 3. The standard InChI is InChI=1S/C21H28N4O4/c1-4-25-20(28)16(22-13-9-6-5-7-10-13)17(21(25)29)23-15-12-8-11-14(18(15)26)19(27)24(2)3/h8,11-13,22-23,26H,4-7,9-10H2,1-3H3. The average Bonchev–Trinajstić information content (AvgIpc) is 2.93. The van der Waals surface area contributed by atoms with Gasteiger partial charge >= 0.3 is 0 Å². The van der Waals surface area contributed by atoms with E-state index in [0.29, 0.717) is 0 Å². The molecule has 1 aliphatic heterocycles. The SMILES string of the molecule is CCN1C(=O)C(Nc2cccc(C(=O)N(C)C)c2O)=C(NC2CCCCC2)C1=O. The van der Waals surface area contributed by atoms with Gasteiger partial charge in [-0.05, 0) is 31.9 Å². The zero-order chi connectivity index (χ0) is 21.1. The highest BCUT2D eigenvalue weighted by molar-refractivity contribution is 6.20. The van der Waals surface area contributed by atoms with Crippen LogP contribution in [0.4, 0.5) is 5.69 Å². The van der Waals surface area contributed by atoms with E-state index in [0.717, 1.165) is 25.7 Å². The molecule has 1 aromatic carbocycles. The molecule has 1 aromatic rings. The third-order valence-corrected chi connectivity index (χ3v) is 5.37. The number of benzene rings is 1. The highest BCUT2D eigenvalue weighted by atomic mass is 16.3. The van der Waals surface area contributed by atoms with Gasteiger partial charge < -0.3 is 20.6 Å². The number of carbonyl (C=O) groups is 3. The molecule has 3 amide bonds. The van der Waals surface area contributed by atoms with Crippen molar-refractivity contribution in [1.29, 1.82) is 0 Å². The fourth-order valence-corrected chi connectivity index (χ4v) is 3.76. The Bertz CT molecular complexity index is 856. The molecule has 0 bridgehead atoms. The third kappa shape index (κ3) is 4.06. The Morgan fingerprint density at radius 2 is 1.79 bits per heavy atom. The number of anilines is 1. The topological polar surface area (TPSA) is 102 Å². The van der Waals surface area contributed by atoms with Gasteiger partial charge in [0.25, 0.3) is 17.7 Å². The van der Waals surface area contributed by atoms with Gasteiger partial charge in [0.15, 0.2) is 5.75 Å². The van der Waals surface area contributed by atoms with E-state index in [1.165, 1.54) is 22.3 Å². The molecular weight excluding hydrogens is 372 g/mol. The van der Waals surface area contributed by atoms with Gasteiger partial charge in [-0.1, -0.05) is 25.3 Å². The number of aromatic hydroxyl groups is 1. The molecule has 0 atom stereocenters. The normalized spacial score (nSPS) is 17.7. The molecule has 29 heavy (non-hydrogen) atoms. The van der Waals surface area contributed by atoms with E-state index in [1.807, 2.05) is 0 Å². The number of para-hydroxylation sites is 1. The van der Waals surface area contributed by atoms with Crippen molar-refractivity contribution < 1.29 is 19.5 Å². The maximum Gasteiger partial charge on any atom is 0.279 e. The van der Waals surface area contributed by atoms with E-state index < -0.39 is 5.91 Å². The summed E-state index contributed by atoms with van der Waals surface area (Å²) in [5.74, 6) is -1.43. The van der Waals surface area contributed by atoms with Gasteiger partial charge in [-0.2, -0.15) is 0 Å². The van der Waals surface area contributed by atoms with Crippen LogP contribution in [0.2, 0.25) is 0 Å². The second-order valence-electron chi connectivity index (χ2n) is 7.61. The minimum Gasteiger partial charge on any atom is -0.505 e. The van der Waals surface area contributed by atoms with Crippen LogP contribution in [-0.4, -0.2) is 59.3 Å². The summed E-state index contributed by atoms with van der Waals surface area (Å²) in [6.07, 6.45) is 5.24. The van der Waals surface area contributed by atoms with E-state index in [2.05, 4.69) is 10.6 Å². The Labute approximate surface area is 170 Å². The van der Waals surface area contributed by atoms with Crippen molar-refractivity contribution in [2.75, 3.05) is 26.0 Å². The Hall–Kier alpha value is -3.03. The van der Waals surface area contributed by atoms with Crippen LogP contribution in [0.1, 0.15) is 49.4 Å². The molecule has 1 aliphatic carbocycles. The Morgan fingerprint density at radius 3 is 2.41 bits per heavy atom. The smallest absolute Gasteiger partial charge is 0.279 e. The number of nitrogens with one attached hydrogen (secondary N) is 2. The molecule has 3 rings (SSSR count). The molecule has 0 spiro atoms. The van der Waals surface area contributed by atoms with E-state index >= 15 is 0 Å². The number of rotatable bonds is 6. The number of phenols is 1. The van der Waals surface area contributed by atoms with Crippen LogP contribution < -0.4 is 10.6 Å². The van der Waals surface area contributed by atoms with E-state index in [9.17, 15) is 19.5 Å². The molecule has 3 N–H and O–H groups in total. The molecular formula is C21H28N4O4. The Balaban J connectivity index is 1.95. The predicted molar refractivity (Wildman–Crippen MR) is 109 cm³/mol. The average molecular weight is 400 g/mol. The van der Waals surface area contributed by atoms with Gasteiger partial charge in [-0.3, -0.25) is 19.3 Å². The number of hydrogen-bond acceptors (Lipinski definition) is 6. The van der Waals surface area contributed by atoms with E-state index in [1.54, 1.807) is 33.2 Å². The zero-order valence-electron chi connectivity index (χ0n) is 17.1. The van der Waals surface area contributed by atoms with Gasteiger partial charge in [0.05, 0.1) is 11.3 Å². The number of imide groups is 1. The Kier molecular flexibility index (Phi) is 6.10. The first-order valence-corrected chi connectivity index (χ1v) is 10.0. The van der Waals surface area contributed by atoms with Crippen LogP contribution in [0, 0.1) is 0 Å². The van der Waals surface area contributed by atoms with Gasteiger partial charge in [-0.25, -0.2) is 0 Å². The quantitative estimate of drug-likeness (QED) is 0.499. The molecule has 8 nitrogen and oxygen atoms in total. The lowest BCUT2D eigenvalue weighted by atomic mass is 9.95. The predicted octanol–water partition coefficient (Wildman–Crippen LogP) is 2.03. The number of phenolic OH excluding ortho intramolecular Hbond substituents is 1. The van der Waals surface area contributed by atoms with Crippen LogP contribution in [0.25, 0.3) is 0 Å². The number of hydrogen-bond donors (Lipinski definition) is 3. The number of likely N-dealkylation sites (N-methyl/N-ethyl adjacent to an activating group) is 1. The van der Waals surface area contributed by atoms with E-state index in [-0.39, 0.29) is 52.8 Å². The molecule has 2 aliphatic rings. The summed E-state index contributed by atoms with van der Waals surface area (Å²) in [6.45, 7) is 1.99. The molecule has 1 fully saturated rings. The molecule has 156 valence electrons. The second kappa shape index (κ2) is 8.55. The van der Waals surface area contributed by atoms with Crippen molar-refractivity contribution in [1.82, 2.24) is 15.1 Å². The van der Waals surface area contributed by atoms with Crippen LogP contribution in [-0.2, 0) is 9.59 Å². The largest absolute Gasteiger partial charge is 0.505 e. The van der Waals surface area contributed by atoms with Crippen molar-refractivity contribution in [3.63, 3.8) is 0 Å². The first kappa shape index (κ1) is 20.7. The van der Waals surface area contributed by atoms with Crippen molar-refractivity contribution in [3.8, 4) is 5.75 Å². The highest BCUT2D eigenvalue weighted by Gasteiger charge is 2.39. The monoisotopic (exact) mass is 400 g/mol. The van der Waals surface area contributed by atoms with Gasteiger partial charge in [0, 0.05) is 26.7 Å². The highest BCUT2D eigenvalue weighted by Crippen LogP contribution is 2.32. The summed E-state index contributed by atoms with van der Waals surface area (Å²) < 4.78 is 0. The molecule has 0 saturated heterocycles. The summed E-state index contributed by atoms with van der Waals surface area (Å²) in [5.41, 5.74) is 0.654. The molecule has 8 heteroatoms. The summed E-state index contributed by atoms with van der Waals surface area (Å²) in [4.78, 5) is 40.4. The Morgan fingerprint density at radius 1 is 1.14 bits per heavy atom. The fourth-order valence-electron chi connectivity index (χ4n) is 3.76. The molecule has 0 unspecified atom stereocenters. The summed E-state index contributed by atoms with van der Waals surface area (Å²) in [5, 5.41) is 16.8. The minimum atomic E-state index is -0.445. The summed E-state index contributed by atoms with van der Waals surface area (Å²) >= 11 is 0. The van der Waals surface area contributed by atoms with Crippen molar-refractivity contribution >= 4 is 23.4 Å². The van der Waals surface area contributed by atoms with Crippen LogP contribution in [0.15, 0.2) is 29.6 Å². The molecule has 0 radical (unpaired) electrons. The maximum absolute atomic E-state index is 12.8. The molecule has 1 saturated carbocycles. The zero-order valence-corrected chi connectivity index (χ0v) is 17.1. The summed E-state index contributed by atoms with van der Waals surface area (Å²) in [7, 11) is 3.18. The lowest BCUT2D eigenvalue weighted by molar-refractivity contribution is -0.137. The summed E-state index contributed by atoms with van der Waals surface area (Å²) in [6, 6.07) is 4.84. The van der Waals surface area contributed by atoms with Gasteiger partial charge in [-0.15, -0.1) is 0 Å². The second-order valence-corrected chi connectivity index (χ2v) is 7.61. The lowest BCUT2D eigenvalue weighted by Crippen LogP contribution is -2.37. The van der Waals surface area contributed by atoms with Crippen molar-refractivity contribution in [2.45, 2.75) is 45.1 Å². The first-order valence-electron chi connectivity index (χ1n) is 10.0. The maximum atomic E-state index is 12.8. The van der Waals surface area contributed by atoms with Crippen LogP contribution in [0.5, 0.6) is 5.75 Å². The van der Waals surface area contributed by atoms with Crippen LogP contribution >= 0.6 is 0 Å². The van der Waals surface area contributed by atoms with E-state index in [4.69, 9.17) is 0 Å². The van der Waals surface area contributed by atoms with Crippen molar-refractivity contribution in [2.24, 2.45) is 0 Å². The van der Waals surface area contributed by atoms with Gasteiger partial charge in [0.2, 0.25) is 0 Å². The van der Waals surface area contributed by atoms with Crippen molar-refractivity contribution in [3.05, 3.63) is 35.2 Å². The number of amides is 3. The fraction of sp³-hybridized carbons (Fsp3) is 0.476. The van der Waals surface area contributed by atoms with Crippen LogP contribution in [0.3, 0.4) is 0 Å². The van der Waals surface area contributed by atoms with Gasteiger partial charge in [0.1, 0.15) is 11.4 Å². The minimum absolute atomic E-state index is 0.104. The lowest BCUT2D eigenvalue weighted by Gasteiger charge is -2.24. The number of nitrogens with zero attached hydrogens (tertiary/aromatic N) is 2. The molecule has 1 heterocycles.